The van der Waals surface area contributed by atoms with Crippen molar-refractivity contribution in [3.8, 4) is 11.3 Å². The van der Waals surface area contributed by atoms with Crippen molar-refractivity contribution in [2.24, 2.45) is 0 Å². The maximum Gasteiger partial charge on any atom is 0.352 e. The normalized spacial score (nSPS) is 10.9. The Morgan fingerprint density at radius 3 is 2.50 bits per heavy atom. The number of carboxylic acids is 1. The van der Waals surface area contributed by atoms with Gasteiger partial charge in [-0.05, 0) is 44.5 Å². The van der Waals surface area contributed by atoms with E-state index in [9.17, 15) is 9.90 Å². The lowest BCUT2D eigenvalue weighted by molar-refractivity contribution is 0.0683. The standard InChI is InChI=1S/C15H17NO2/c1-10(2)16-13(7-8-14(16)15(17)18)12-6-4-5-11(3)9-12/h4-10H,1-3H3,(H,17,18). The van der Waals surface area contributed by atoms with Gasteiger partial charge in [-0.1, -0.05) is 23.8 Å². The molecule has 0 aliphatic carbocycles. The van der Waals surface area contributed by atoms with Crippen LogP contribution in [-0.2, 0) is 0 Å². The van der Waals surface area contributed by atoms with E-state index in [2.05, 4.69) is 6.07 Å². The highest BCUT2D eigenvalue weighted by Crippen LogP contribution is 2.27. The fourth-order valence-corrected chi connectivity index (χ4v) is 2.22. The third-order valence-electron chi connectivity index (χ3n) is 2.97. The number of carboxylic acid groups (broad SMARTS) is 1. The molecule has 0 radical (unpaired) electrons. The number of carbonyl (C=O) groups is 1. The van der Waals surface area contributed by atoms with Crippen LogP contribution in [0.1, 0.15) is 35.9 Å². The maximum atomic E-state index is 11.2. The van der Waals surface area contributed by atoms with E-state index in [4.69, 9.17) is 0 Å². The number of aromatic nitrogens is 1. The van der Waals surface area contributed by atoms with E-state index in [0.717, 1.165) is 11.3 Å². The van der Waals surface area contributed by atoms with Crippen molar-refractivity contribution in [1.82, 2.24) is 4.57 Å². The first-order chi connectivity index (χ1) is 8.50. The third kappa shape index (κ3) is 2.16. The van der Waals surface area contributed by atoms with Gasteiger partial charge in [0.2, 0.25) is 0 Å². The van der Waals surface area contributed by atoms with E-state index in [0.29, 0.717) is 5.69 Å². The average molecular weight is 243 g/mol. The summed E-state index contributed by atoms with van der Waals surface area (Å²) < 4.78 is 1.86. The van der Waals surface area contributed by atoms with Crippen LogP contribution >= 0.6 is 0 Å². The summed E-state index contributed by atoms with van der Waals surface area (Å²) in [5.74, 6) is -0.886. The molecule has 1 aromatic heterocycles. The maximum absolute atomic E-state index is 11.2. The first-order valence-electron chi connectivity index (χ1n) is 6.02. The highest BCUT2D eigenvalue weighted by Gasteiger charge is 2.17. The Morgan fingerprint density at radius 2 is 1.94 bits per heavy atom. The van der Waals surface area contributed by atoms with Crippen LogP contribution in [-0.4, -0.2) is 15.6 Å². The van der Waals surface area contributed by atoms with E-state index in [1.54, 1.807) is 6.07 Å². The molecule has 1 aromatic carbocycles. The number of aryl methyl sites for hydroxylation is 1. The fraction of sp³-hybridized carbons (Fsp3) is 0.267. The van der Waals surface area contributed by atoms with E-state index >= 15 is 0 Å². The summed E-state index contributed by atoms with van der Waals surface area (Å²) in [5, 5.41) is 9.21. The molecule has 0 saturated heterocycles. The molecular weight excluding hydrogens is 226 g/mol. The van der Waals surface area contributed by atoms with E-state index in [1.165, 1.54) is 5.56 Å². The van der Waals surface area contributed by atoms with Crippen molar-refractivity contribution < 1.29 is 9.90 Å². The Morgan fingerprint density at radius 1 is 1.22 bits per heavy atom. The molecular formula is C15H17NO2. The van der Waals surface area contributed by atoms with Crippen LogP contribution in [0.25, 0.3) is 11.3 Å². The minimum absolute atomic E-state index is 0.113. The van der Waals surface area contributed by atoms with Crippen LogP contribution in [0, 0.1) is 6.92 Å². The van der Waals surface area contributed by atoms with Gasteiger partial charge in [0, 0.05) is 11.7 Å². The molecule has 94 valence electrons. The molecule has 1 heterocycles. The largest absolute Gasteiger partial charge is 0.477 e. The summed E-state index contributed by atoms with van der Waals surface area (Å²) >= 11 is 0. The van der Waals surface area contributed by atoms with Crippen LogP contribution in [0.15, 0.2) is 36.4 Å². The minimum Gasteiger partial charge on any atom is -0.477 e. The van der Waals surface area contributed by atoms with Gasteiger partial charge in [-0.15, -0.1) is 0 Å². The Bertz CT molecular complexity index is 582. The van der Waals surface area contributed by atoms with Crippen LogP contribution in [0.2, 0.25) is 0 Å². The number of rotatable bonds is 3. The third-order valence-corrected chi connectivity index (χ3v) is 2.97. The van der Waals surface area contributed by atoms with Crippen LogP contribution in [0.3, 0.4) is 0 Å². The molecule has 0 amide bonds. The van der Waals surface area contributed by atoms with Crippen molar-refractivity contribution in [2.75, 3.05) is 0 Å². The lowest BCUT2D eigenvalue weighted by Crippen LogP contribution is -2.11. The molecule has 0 saturated carbocycles. The molecule has 18 heavy (non-hydrogen) atoms. The number of benzene rings is 1. The van der Waals surface area contributed by atoms with Crippen molar-refractivity contribution in [3.05, 3.63) is 47.7 Å². The highest BCUT2D eigenvalue weighted by molar-refractivity contribution is 5.87. The van der Waals surface area contributed by atoms with Crippen LogP contribution in [0.4, 0.5) is 0 Å². The Hall–Kier alpha value is -2.03. The molecule has 2 rings (SSSR count). The summed E-state index contributed by atoms with van der Waals surface area (Å²) in [4.78, 5) is 11.2. The Balaban J connectivity index is 2.61. The zero-order chi connectivity index (χ0) is 13.3. The van der Waals surface area contributed by atoms with Crippen molar-refractivity contribution in [3.63, 3.8) is 0 Å². The molecule has 2 aromatic rings. The molecule has 3 nitrogen and oxygen atoms in total. The van der Waals surface area contributed by atoms with Gasteiger partial charge in [-0.25, -0.2) is 4.79 Å². The van der Waals surface area contributed by atoms with Gasteiger partial charge in [-0.2, -0.15) is 0 Å². The highest BCUT2D eigenvalue weighted by atomic mass is 16.4. The molecule has 0 aliphatic rings. The molecule has 0 aliphatic heterocycles. The lowest BCUT2D eigenvalue weighted by Gasteiger charge is -2.15. The van der Waals surface area contributed by atoms with Gasteiger partial charge in [0.05, 0.1) is 0 Å². The summed E-state index contributed by atoms with van der Waals surface area (Å²) in [7, 11) is 0. The quantitative estimate of drug-likeness (QED) is 0.892. The zero-order valence-corrected chi connectivity index (χ0v) is 10.8. The number of hydrogen-bond acceptors (Lipinski definition) is 1. The minimum atomic E-state index is -0.886. The molecule has 0 bridgehead atoms. The zero-order valence-electron chi connectivity index (χ0n) is 10.8. The van der Waals surface area contributed by atoms with E-state index < -0.39 is 5.97 Å². The molecule has 0 spiro atoms. The number of nitrogens with zero attached hydrogens (tertiary/aromatic N) is 1. The smallest absolute Gasteiger partial charge is 0.352 e. The molecule has 0 fully saturated rings. The second kappa shape index (κ2) is 4.69. The predicted molar refractivity (Wildman–Crippen MR) is 71.9 cm³/mol. The predicted octanol–water partition coefficient (Wildman–Crippen LogP) is 3.74. The first-order valence-corrected chi connectivity index (χ1v) is 6.02. The number of aromatic carboxylic acids is 1. The van der Waals surface area contributed by atoms with Crippen LogP contribution < -0.4 is 0 Å². The molecule has 0 unspecified atom stereocenters. The SMILES string of the molecule is Cc1cccc(-c2ccc(C(=O)O)n2C(C)C)c1. The Labute approximate surface area is 107 Å². The average Bonchev–Trinajstić information content (AvgIpc) is 2.73. The molecule has 0 atom stereocenters. The second-order valence-electron chi connectivity index (χ2n) is 4.74. The summed E-state index contributed by atoms with van der Waals surface area (Å²) in [6, 6.07) is 11.7. The topological polar surface area (TPSA) is 42.2 Å². The van der Waals surface area contributed by atoms with Crippen LogP contribution in [0.5, 0.6) is 0 Å². The fourth-order valence-electron chi connectivity index (χ4n) is 2.22. The lowest BCUT2D eigenvalue weighted by atomic mass is 10.1. The Kier molecular flexibility index (Phi) is 3.24. The van der Waals surface area contributed by atoms with Gasteiger partial charge in [0.15, 0.2) is 0 Å². The van der Waals surface area contributed by atoms with Gasteiger partial charge >= 0.3 is 5.97 Å². The molecule has 3 heteroatoms. The summed E-state index contributed by atoms with van der Waals surface area (Å²) in [6.45, 7) is 6.02. The monoisotopic (exact) mass is 243 g/mol. The van der Waals surface area contributed by atoms with Gasteiger partial charge < -0.3 is 9.67 Å². The first kappa shape index (κ1) is 12.4. The van der Waals surface area contributed by atoms with E-state index in [-0.39, 0.29) is 6.04 Å². The van der Waals surface area contributed by atoms with Gasteiger partial charge in [-0.3, -0.25) is 0 Å². The second-order valence-corrected chi connectivity index (χ2v) is 4.74. The summed E-state index contributed by atoms with van der Waals surface area (Å²) in [6.07, 6.45) is 0. The van der Waals surface area contributed by atoms with Crippen molar-refractivity contribution >= 4 is 5.97 Å². The van der Waals surface area contributed by atoms with Crippen molar-refractivity contribution in [1.29, 1.82) is 0 Å². The van der Waals surface area contributed by atoms with Gasteiger partial charge in [0.1, 0.15) is 5.69 Å². The number of hydrogen-bond donors (Lipinski definition) is 1. The molecule has 1 N–H and O–H groups in total. The van der Waals surface area contributed by atoms with E-state index in [1.807, 2.05) is 49.6 Å². The summed E-state index contributed by atoms with van der Waals surface area (Å²) in [5.41, 5.74) is 3.50. The van der Waals surface area contributed by atoms with Gasteiger partial charge in [0.25, 0.3) is 0 Å². The van der Waals surface area contributed by atoms with Crippen molar-refractivity contribution in [2.45, 2.75) is 26.8 Å².